The topological polar surface area (TPSA) is 79.3 Å². The Labute approximate surface area is 158 Å². The number of hydrogen-bond donors (Lipinski definition) is 2. The van der Waals surface area contributed by atoms with Crippen LogP contribution in [0.2, 0.25) is 0 Å². The van der Waals surface area contributed by atoms with Crippen LogP contribution < -0.4 is 10.9 Å². The van der Waals surface area contributed by atoms with E-state index >= 15 is 0 Å². The lowest BCUT2D eigenvalue weighted by Crippen LogP contribution is -2.47. The Bertz CT molecular complexity index is 945. The largest absolute Gasteiger partial charge is 0.271 e. The Morgan fingerprint density at radius 2 is 2.07 bits per heavy atom. The number of halogens is 1. The average Bonchev–Trinajstić information content (AvgIpc) is 3.25. The summed E-state index contributed by atoms with van der Waals surface area (Å²) in [4.78, 5) is 0.254. The van der Waals surface area contributed by atoms with Crippen LogP contribution in [-0.4, -0.2) is 41.6 Å². The number of aryl methyl sites for hydroxylation is 2. The molecule has 0 radical (unpaired) electrons. The van der Waals surface area contributed by atoms with Crippen LogP contribution in [0.4, 0.5) is 4.39 Å². The fourth-order valence-electron chi connectivity index (χ4n) is 4.08. The number of benzene rings is 1. The molecule has 3 atom stereocenters. The van der Waals surface area contributed by atoms with E-state index in [4.69, 9.17) is 0 Å². The molecule has 1 aromatic heterocycles. The summed E-state index contributed by atoms with van der Waals surface area (Å²) in [6.45, 7) is 5.02. The molecule has 27 heavy (non-hydrogen) atoms. The van der Waals surface area contributed by atoms with Crippen molar-refractivity contribution in [2.45, 2.75) is 43.8 Å². The lowest BCUT2D eigenvalue weighted by molar-refractivity contribution is 0.233. The number of fused-ring (bicyclic) bond motifs is 1. The molecule has 0 amide bonds. The zero-order valence-electron chi connectivity index (χ0n) is 15.4. The normalized spacial score (nSPS) is 26.3. The molecule has 146 valence electrons. The third-order valence-corrected chi connectivity index (χ3v) is 7.52. The maximum atomic E-state index is 14.3. The molecule has 4 rings (SSSR count). The molecule has 0 aliphatic carbocycles. The zero-order valence-corrected chi connectivity index (χ0v) is 16.2. The Hall–Kier alpha value is -1.81. The van der Waals surface area contributed by atoms with E-state index in [0.717, 1.165) is 0 Å². The molecule has 2 saturated heterocycles. The van der Waals surface area contributed by atoms with Gasteiger partial charge in [-0.15, -0.1) is 0 Å². The third-order valence-electron chi connectivity index (χ3n) is 5.56. The average molecular weight is 393 g/mol. The SMILES string of the molecule is CCn1cc(S(=O)(=O)N2CCC3NNC(c4ccccc4F)C3C2)c(C)n1. The van der Waals surface area contributed by atoms with Crippen molar-refractivity contribution in [3.8, 4) is 0 Å². The lowest BCUT2D eigenvalue weighted by atomic mass is 9.86. The Morgan fingerprint density at radius 3 is 2.78 bits per heavy atom. The van der Waals surface area contributed by atoms with E-state index in [1.807, 2.05) is 6.92 Å². The number of nitrogens with one attached hydrogen (secondary N) is 2. The maximum absolute atomic E-state index is 14.3. The first-order chi connectivity index (χ1) is 12.9. The fourth-order valence-corrected chi connectivity index (χ4v) is 5.74. The molecule has 0 saturated carbocycles. The molecule has 2 N–H and O–H groups in total. The van der Waals surface area contributed by atoms with Gasteiger partial charge in [0.2, 0.25) is 10.0 Å². The molecule has 2 aliphatic heterocycles. The zero-order chi connectivity index (χ0) is 19.2. The number of aromatic nitrogens is 2. The van der Waals surface area contributed by atoms with Crippen molar-refractivity contribution in [3.05, 3.63) is 47.5 Å². The van der Waals surface area contributed by atoms with Crippen molar-refractivity contribution >= 4 is 10.0 Å². The number of nitrogens with zero attached hydrogens (tertiary/aromatic N) is 3. The number of sulfonamides is 1. The summed E-state index contributed by atoms with van der Waals surface area (Å²) in [5, 5.41) is 4.27. The highest BCUT2D eigenvalue weighted by Gasteiger charge is 2.44. The molecule has 0 bridgehead atoms. The molecule has 1 aromatic carbocycles. The minimum absolute atomic E-state index is 0.0491. The van der Waals surface area contributed by atoms with Crippen LogP contribution in [0.1, 0.15) is 30.6 Å². The molecule has 7 nitrogen and oxygen atoms in total. The van der Waals surface area contributed by atoms with Gasteiger partial charge in [-0.05, 0) is 26.3 Å². The van der Waals surface area contributed by atoms with Gasteiger partial charge in [0, 0.05) is 43.4 Å². The number of hydrazine groups is 1. The van der Waals surface area contributed by atoms with E-state index in [9.17, 15) is 12.8 Å². The van der Waals surface area contributed by atoms with Crippen LogP contribution in [0.15, 0.2) is 35.4 Å². The van der Waals surface area contributed by atoms with Gasteiger partial charge in [0.1, 0.15) is 10.7 Å². The monoisotopic (exact) mass is 393 g/mol. The van der Waals surface area contributed by atoms with Crippen LogP contribution in [0.3, 0.4) is 0 Å². The van der Waals surface area contributed by atoms with Gasteiger partial charge in [0.05, 0.1) is 11.7 Å². The van der Waals surface area contributed by atoms with Crippen molar-refractivity contribution in [1.82, 2.24) is 24.9 Å². The molecular weight excluding hydrogens is 369 g/mol. The maximum Gasteiger partial charge on any atom is 0.246 e. The number of piperidine rings is 1. The van der Waals surface area contributed by atoms with Gasteiger partial charge in [-0.2, -0.15) is 9.40 Å². The molecule has 2 aromatic rings. The number of rotatable bonds is 4. The van der Waals surface area contributed by atoms with E-state index in [-0.39, 0.29) is 28.7 Å². The molecule has 3 heterocycles. The minimum atomic E-state index is -3.64. The van der Waals surface area contributed by atoms with Crippen molar-refractivity contribution in [2.75, 3.05) is 13.1 Å². The van der Waals surface area contributed by atoms with E-state index in [1.54, 1.807) is 36.0 Å². The quantitative estimate of drug-likeness (QED) is 0.825. The van der Waals surface area contributed by atoms with Gasteiger partial charge in [-0.3, -0.25) is 10.1 Å². The van der Waals surface area contributed by atoms with Crippen molar-refractivity contribution in [1.29, 1.82) is 0 Å². The summed E-state index contributed by atoms with van der Waals surface area (Å²) >= 11 is 0. The smallest absolute Gasteiger partial charge is 0.246 e. The van der Waals surface area contributed by atoms with Crippen molar-refractivity contribution in [3.63, 3.8) is 0 Å². The standard InChI is InChI=1S/C18H24FN5O2S/c1-3-23-11-17(12(2)22-23)27(25,26)24-9-8-16-14(10-24)18(21-20-16)13-6-4-5-7-15(13)19/h4-7,11,14,16,18,20-21H,3,8-10H2,1-2H3. The van der Waals surface area contributed by atoms with Crippen LogP contribution >= 0.6 is 0 Å². The van der Waals surface area contributed by atoms with Gasteiger partial charge < -0.3 is 0 Å². The van der Waals surface area contributed by atoms with Gasteiger partial charge in [0.15, 0.2) is 0 Å². The second kappa shape index (κ2) is 6.97. The Kier molecular flexibility index (Phi) is 4.79. The molecule has 2 aliphatic rings. The highest BCUT2D eigenvalue weighted by Crippen LogP contribution is 2.36. The van der Waals surface area contributed by atoms with Gasteiger partial charge in [-0.1, -0.05) is 18.2 Å². The molecule has 0 spiro atoms. The lowest BCUT2D eigenvalue weighted by Gasteiger charge is -2.35. The predicted octanol–water partition coefficient (Wildman–Crippen LogP) is 1.58. The van der Waals surface area contributed by atoms with Crippen LogP contribution in [0.5, 0.6) is 0 Å². The van der Waals surface area contributed by atoms with Crippen LogP contribution in [0.25, 0.3) is 0 Å². The van der Waals surface area contributed by atoms with E-state index in [0.29, 0.717) is 37.3 Å². The Morgan fingerprint density at radius 1 is 1.30 bits per heavy atom. The predicted molar refractivity (Wildman–Crippen MR) is 98.7 cm³/mol. The van der Waals surface area contributed by atoms with E-state index < -0.39 is 10.0 Å². The van der Waals surface area contributed by atoms with Crippen LogP contribution in [0, 0.1) is 18.7 Å². The summed E-state index contributed by atoms with van der Waals surface area (Å²) < 4.78 is 43.8. The fraction of sp³-hybridized carbons (Fsp3) is 0.500. The summed E-state index contributed by atoms with van der Waals surface area (Å²) in [7, 11) is -3.64. The summed E-state index contributed by atoms with van der Waals surface area (Å²) in [5.74, 6) is -0.329. The van der Waals surface area contributed by atoms with Gasteiger partial charge in [-0.25, -0.2) is 18.2 Å². The Balaban J connectivity index is 1.62. The van der Waals surface area contributed by atoms with Crippen molar-refractivity contribution in [2.24, 2.45) is 5.92 Å². The highest BCUT2D eigenvalue weighted by molar-refractivity contribution is 7.89. The summed E-state index contributed by atoms with van der Waals surface area (Å²) in [6.07, 6.45) is 2.26. The highest BCUT2D eigenvalue weighted by atomic mass is 32.2. The van der Waals surface area contributed by atoms with E-state index in [1.165, 1.54) is 10.4 Å². The first kappa shape index (κ1) is 18.5. The first-order valence-corrected chi connectivity index (χ1v) is 10.7. The van der Waals surface area contributed by atoms with Gasteiger partial charge in [0.25, 0.3) is 0 Å². The molecule has 9 heteroatoms. The molecule has 2 fully saturated rings. The number of hydrogen-bond acceptors (Lipinski definition) is 5. The van der Waals surface area contributed by atoms with Gasteiger partial charge >= 0.3 is 0 Å². The second-order valence-corrected chi connectivity index (χ2v) is 9.05. The second-order valence-electron chi connectivity index (χ2n) is 7.14. The summed E-state index contributed by atoms with van der Waals surface area (Å²) in [6, 6.07) is 6.48. The minimum Gasteiger partial charge on any atom is -0.271 e. The van der Waals surface area contributed by atoms with Crippen molar-refractivity contribution < 1.29 is 12.8 Å². The third kappa shape index (κ3) is 3.18. The summed E-state index contributed by atoms with van der Waals surface area (Å²) in [5.41, 5.74) is 7.45. The van der Waals surface area contributed by atoms with E-state index in [2.05, 4.69) is 16.0 Å². The molecule has 3 unspecified atom stereocenters. The first-order valence-electron chi connectivity index (χ1n) is 9.21. The molecular formula is C18H24FN5O2S. The van der Waals surface area contributed by atoms with Crippen LogP contribution in [-0.2, 0) is 16.6 Å².